The van der Waals surface area contributed by atoms with Crippen molar-refractivity contribution in [1.82, 2.24) is 20.5 Å². The molecule has 1 aromatic heterocycles. The second-order valence-electron chi connectivity index (χ2n) is 8.33. The average Bonchev–Trinajstić information content (AvgIpc) is 3.14. The molecular formula is C23H27N5O2. The molecule has 0 saturated heterocycles. The lowest BCUT2D eigenvalue weighted by Crippen LogP contribution is -2.41. The Labute approximate surface area is 176 Å². The second kappa shape index (κ2) is 8.49. The fourth-order valence-corrected chi connectivity index (χ4v) is 2.89. The minimum absolute atomic E-state index is 0.0176. The molecule has 0 aliphatic heterocycles. The first-order chi connectivity index (χ1) is 14.1. The van der Waals surface area contributed by atoms with E-state index in [9.17, 15) is 9.59 Å². The average molecular weight is 406 g/mol. The number of rotatable bonds is 5. The summed E-state index contributed by atoms with van der Waals surface area (Å²) >= 11 is 0. The van der Waals surface area contributed by atoms with Crippen molar-refractivity contribution in [2.45, 2.75) is 46.1 Å². The molecule has 7 nitrogen and oxygen atoms in total. The van der Waals surface area contributed by atoms with Crippen molar-refractivity contribution in [3.05, 3.63) is 65.5 Å². The van der Waals surface area contributed by atoms with E-state index in [1.807, 2.05) is 31.2 Å². The van der Waals surface area contributed by atoms with Crippen LogP contribution < -0.4 is 10.6 Å². The molecule has 0 fully saturated rings. The number of benzene rings is 2. The summed E-state index contributed by atoms with van der Waals surface area (Å²) in [6.07, 6.45) is 0. The van der Waals surface area contributed by atoms with Crippen LogP contribution in [0.1, 0.15) is 49.4 Å². The molecule has 0 bridgehead atoms. The van der Waals surface area contributed by atoms with E-state index in [1.165, 1.54) is 0 Å². The summed E-state index contributed by atoms with van der Waals surface area (Å²) in [5.41, 5.74) is 3.16. The van der Waals surface area contributed by atoms with Gasteiger partial charge in [-0.05, 0) is 61.2 Å². The Morgan fingerprint density at radius 3 is 2.17 bits per heavy atom. The molecule has 0 saturated carbocycles. The Morgan fingerprint density at radius 2 is 1.63 bits per heavy atom. The van der Waals surface area contributed by atoms with Crippen LogP contribution in [0.3, 0.4) is 0 Å². The highest BCUT2D eigenvalue weighted by Crippen LogP contribution is 2.22. The SMILES string of the molecule is Cc1nc(-c2ccc(NC(=O)C(C)NC(=O)c3ccc(C(C)(C)C)cc3)cc2)n[nH]1. The lowest BCUT2D eigenvalue weighted by atomic mass is 9.86. The van der Waals surface area contributed by atoms with E-state index < -0.39 is 6.04 Å². The molecule has 1 unspecified atom stereocenters. The first-order valence-electron chi connectivity index (χ1n) is 9.85. The van der Waals surface area contributed by atoms with Gasteiger partial charge in [0.15, 0.2) is 5.82 Å². The number of aromatic nitrogens is 3. The third kappa shape index (κ3) is 5.11. The zero-order valence-corrected chi connectivity index (χ0v) is 17.9. The van der Waals surface area contributed by atoms with Gasteiger partial charge in [-0.15, -0.1) is 0 Å². The summed E-state index contributed by atoms with van der Waals surface area (Å²) < 4.78 is 0. The number of amides is 2. The first kappa shape index (κ1) is 21.2. The molecule has 0 aliphatic rings. The van der Waals surface area contributed by atoms with E-state index in [2.05, 4.69) is 46.6 Å². The molecule has 30 heavy (non-hydrogen) atoms. The maximum atomic E-state index is 12.5. The minimum Gasteiger partial charge on any atom is -0.341 e. The van der Waals surface area contributed by atoms with Crippen LogP contribution in [0, 0.1) is 6.92 Å². The summed E-state index contributed by atoms with van der Waals surface area (Å²) in [4.78, 5) is 29.2. The minimum atomic E-state index is -0.685. The van der Waals surface area contributed by atoms with Gasteiger partial charge >= 0.3 is 0 Å². The third-order valence-electron chi connectivity index (χ3n) is 4.76. The number of anilines is 1. The second-order valence-corrected chi connectivity index (χ2v) is 8.33. The van der Waals surface area contributed by atoms with Crippen molar-refractivity contribution in [1.29, 1.82) is 0 Å². The van der Waals surface area contributed by atoms with Gasteiger partial charge in [-0.3, -0.25) is 14.7 Å². The maximum absolute atomic E-state index is 12.5. The predicted octanol–water partition coefficient (Wildman–Crippen LogP) is 3.83. The lowest BCUT2D eigenvalue weighted by Gasteiger charge is -2.19. The molecule has 0 spiro atoms. The van der Waals surface area contributed by atoms with Gasteiger partial charge in [0, 0.05) is 16.8 Å². The van der Waals surface area contributed by atoms with Crippen molar-refractivity contribution >= 4 is 17.5 Å². The van der Waals surface area contributed by atoms with Gasteiger partial charge in [-0.1, -0.05) is 32.9 Å². The number of hydrogen-bond donors (Lipinski definition) is 3. The zero-order chi connectivity index (χ0) is 21.9. The fourth-order valence-electron chi connectivity index (χ4n) is 2.89. The van der Waals surface area contributed by atoms with Crippen LogP contribution in [0.25, 0.3) is 11.4 Å². The smallest absolute Gasteiger partial charge is 0.251 e. The van der Waals surface area contributed by atoms with E-state index in [0.717, 1.165) is 17.0 Å². The van der Waals surface area contributed by atoms with Crippen LogP contribution in [0.5, 0.6) is 0 Å². The van der Waals surface area contributed by atoms with Crippen LogP contribution in [-0.4, -0.2) is 33.0 Å². The molecule has 3 aromatic rings. The van der Waals surface area contributed by atoms with Crippen molar-refractivity contribution in [2.24, 2.45) is 0 Å². The van der Waals surface area contributed by atoms with Crippen molar-refractivity contribution < 1.29 is 9.59 Å². The number of aryl methyl sites for hydroxylation is 1. The van der Waals surface area contributed by atoms with Crippen molar-refractivity contribution in [3.63, 3.8) is 0 Å². The zero-order valence-electron chi connectivity index (χ0n) is 17.9. The van der Waals surface area contributed by atoms with Crippen LogP contribution in [0.2, 0.25) is 0 Å². The Bertz CT molecular complexity index is 1030. The molecule has 2 amide bonds. The number of H-pyrrole nitrogens is 1. The van der Waals surface area contributed by atoms with Crippen LogP contribution in [0.4, 0.5) is 5.69 Å². The third-order valence-corrected chi connectivity index (χ3v) is 4.76. The summed E-state index contributed by atoms with van der Waals surface area (Å²) in [7, 11) is 0. The van der Waals surface area contributed by atoms with Gasteiger partial charge in [0.25, 0.3) is 5.91 Å². The van der Waals surface area contributed by atoms with Crippen LogP contribution >= 0.6 is 0 Å². The Balaban J connectivity index is 1.58. The van der Waals surface area contributed by atoms with E-state index in [-0.39, 0.29) is 17.2 Å². The lowest BCUT2D eigenvalue weighted by molar-refractivity contribution is -0.117. The van der Waals surface area contributed by atoms with Crippen molar-refractivity contribution in [2.75, 3.05) is 5.32 Å². The monoisotopic (exact) mass is 405 g/mol. The fraction of sp³-hybridized carbons (Fsp3) is 0.304. The molecule has 0 radical (unpaired) electrons. The molecule has 3 N–H and O–H groups in total. The molecular weight excluding hydrogens is 378 g/mol. The summed E-state index contributed by atoms with van der Waals surface area (Å²) in [5.74, 6) is 0.757. The topological polar surface area (TPSA) is 99.8 Å². The molecule has 3 rings (SSSR count). The quantitative estimate of drug-likeness (QED) is 0.600. The molecule has 7 heteroatoms. The highest BCUT2D eigenvalue weighted by Gasteiger charge is 2.18. The van der Waals surface area contributed by atoms with E-state index in [4.69, 9.17) is 0 Å². The van der Waals surface area contributed by atoms with Gasteiger partial charge < -0.3 is 10.6 Å². The number of nitrogens with one attached hydrogen (secondary N) is 3. The molecule has 2 aromatic carbocycles. The highest BCUT2D eigenvalue weighted by molar-refractivity contribution is 6.01. The summed E-state index contributed by atoms with van der Waals surface area (Å²) in [5, 5.41) is 12.5. The largest absolute Gasteiger partial charge is 0.341 e. The van der Waals surface area contributed by atoms with Crippen LogP contribution in [0.15, 0.2) is 48.5 Å². The normalized spacial score (nSPS) is 12.3. The van der Waals surface area contributed by atoms with E-state index >= 15 is 0 Å². The molecule has 1 heterocycles. The Morgan fingerprint density at radius 1 is 1.00 bits per heavy atom. The summed E-state index contributed by atoms with van der Waals surface area (Å²) in [6, 6.07) is 14.0. The summed E-state index contributed by atoms with van der Waals surface area (Å²) in [6.45, 7) is 9.84. The van der Waals surface area contributed by atoms with Gasteiger partial charge in [-0.25, -0.2) is 4.98 Å². The standard InChI is InChI=1S/C23H27N5O2/c1-14(24-22(30)17-6-10-18(11-7-17)23(3,4)5)21(29)26-19-12-8-16(9-13-19)20-25-15(2)27-28-20/h6-14H,1-5H3,(H,24,30)(H,26,29)(H,25,27,28). The number of nitrogens with zero attached hydrogens (tertiary/aromatic N) is 2. The highest BCUT2D eigenvalue weighted by atomic mass is 16.2. The molecule has 1 atom stereocenters. The van der Waals surface area contributed by atoms with Gasteiger partial charge in [0.05, 0.1) is 0 Å². The van der Waals surface area contributed by atoms with E-state index in [1.54, 1.807) is 31.2 Å². The van der Waals surface area contributed by atoms with Crippen LogP contribution in [-0.2, 0) is 10.2 Å². The maximum Gasteiger partial charge on any atom is 0.251 e. The van der Waals surface area contributed by atoms with Gasteiger partial charge in [0.1, 0.15) is 11.9 Å². The van der Waals surface area contributed by atoms with Crippen molar-refractivity contribution in [3.8, 4) is 11.4 Å². The Kier molecular flexibility index (Phi) is 6.01. The number of carbonyl (C=O) groups is 2. The number of carbonyl (C=O) groups excluding carboxylic acids is 2. The Hall–Kier alpha value is -3.48. The number of aromatic amines is 1. The van der Waals surface area contributed by atoms with E-state index in [0.29, 0.717) is 17.1 Å². The molecule has 156 valence electrons. The molecule has 0 aliphatic carbocycles. The van der Waals surface area contributed by atoms with Gasteiger partial charge in [-0.2, -0.15) is 5.10 Å². The predicted molar refractivity (Wildman–Crippen MR) is 117 cm³/mol. The number of hydrogen-bond acceptors (Lipinski definition) is 4. The first-order valence-corrected chi connectivity index (χ1v) is 9.85. The van der Waals surface area contributed by atoms with Gasteiger partial charge in [0.2, 0.25) is 5.91 Å².